The Morgan fingerprint density at radius 3 is 2.17 bits per heavy atom. The van der Waals surface area contributed by atoms with Gasteiger partial charge in [0.05, 0.1) is 10.5 Å². The van der Waals surface area contributed by atoms with Crippen LogP contribution in [0.1, 0.15) is 5.56 Å². The average molecular weight is 465 g/mol. The van der Waals surface area contributed by atoms with Crippen LogP contribution >= 0.6 is 11.6 Å². The molecule has 0 aromatic heterocycles. The maximum Gasteiger partial charge on any atom is 0.416 e. The molecule has 1 amide bonds. The topological polar surface area (TPSA) is 92.8 Å². The SMILES string of the molecule is CN(CC(=O)OCC(=O)Nc1ccc(C(F)(F)F)cc1)S(=O)(=O)c1ccc(Cl)cc1. The number of hydrogen-bond donors (Lipinski definition) is 1. The lowest BCUT2D eigenvalue weighted by Crippen LogP contribution is -2.34. The summed E-state index contributed by atoms with van der Waals surface area (Å²) in [5.74, 6) is -1.79. The van der Waals surface area contributed by atoms with Crippen molar-refractivity contribution < 1.29 is 35.9 Å². The fraction of sp³-hybridized carbons (Fsp3) is 0.222. The van der Waals surface area contributed by atoms with Gasteiger partial charge in [-0.05, 0) is 48.5 Å². The zero-order valence-electron chi connectivity index (χ0n) is 15.4. The predicted molar refractivity (Wildman–Crippen MR) is 102 cm³/mol. The van der Waals surface area contributed by atoms with E-state index in [1.807, 2.05) is 0 Å². The molecule has 0 aliphatic carbocycles. The number of rotatable bonds is 7. The number of ether oxygens (including phenoxy) is 1. The fourth-order valence-electron chi connectivity index (χ4n) is 2.18. The third-order valence-electron chi connectivity index (χ3n) is 3.73. The summed E-state index contributed by atoms with van der Waals surface area (Å²) in [5.41, 5.74) is -0.802. The van der Waals surface area contributed by atoms with Crippen molar-refractivity contribution in [3.05, 3.63) is 59.1 Å². The lowest BCUT2D eigenvalue weighted by molar-refractivity contribution is -0.147. The summed E-state index contributed by atoms with van der Waals surface area (Å²) < 4.78 is 67.7. The van der Waals surface area contributed by atoms with Gasteiger partial charge in [-0.2, -0.15) is 17.5 Å². The van der Waals surface area contributed by atoms with Gasteiger partial charge in [-0.25, -0.2) is 8.42 Å². The number of nitrogens with one attached hydrogen (secondary N) is 1. The molecule has 0 atom stereocenters. The third-order valence-corrected chi connectivity index (χ3v) is 5.80. The molecule has 7 nitrogen and oxygen atoms in total. The van der Waals surface area contributed by atoms with Gasteiger partial charge in [0.1, 0.15) is 6.54 Å². The summed E-state index contributed by atoms with van der Waals surface area (Å²) in [6.07, 6.45) is -4.50. The molecular formula is C18H16ClF3N2O5S. The lowest BCUT2D eigenvalue weighted by Gasteiger charge is -2.16. The molecule has 2 aromatic rings. The molecule has 0 aliphatic rings. The van der Waals surface area contributed by atoms with E-state index in [0.29, 0.717) is 5.02 Å². The molecule has 0 unspecified atom stereocenters. The second-order valence-corrected chi connectivity index (χ2v) is 8.48. The number of likely N-dealkylation sites (N-methyl/N-ethyl adjacent to an activating group) is 1. The smallest absolute Gasteiger partial charge is 0.416 e. The maximum atomic E-state index is 12.5. The van der Waals surface area contributed by atoms with Gasteiger partial charge in [0.15, 0.2) is 6.61 Å². The number of sulfonamides is 1. The molecule has 0 saturated heterocycles. The molecule has 30 heavy (non-hydrogen) atoms. The lowest BCUT2D eigenvalue weighted by atomic mass is 10.2. The van der Waals surface area contributed by atoms with Gasteiger partial charge >= 0.3 is 12.1 Å². The highest BCUT2D eigenvalue weighted by Gasteiger charge is 2.30. The molecule has 1 N–H and O–H groups in total. The largest absolute Gasteiger partial charge is 0.455 e. The zero-order chi connectivity index (χ0) is 22.5. The van der Waals surface area contributed by atoms with Crippen LogP contribution in [-0.4, -0.2) is 44.8 Å². The Labute approximate surface area is 175 Å². The summed E-state index contributed by atoms with van der Waals surface area (Å²) in [5, 5.41) is 2.61. The van der Waals surface area contributed by atoms with Crippen LogP contribution in [0.15, 0.2) is 53.4 Å². The van der Waals surface area contributed by atoms with Crippen LogP contribution in [0.3, 0.4) is 0 Å². The molecule has 0 bridgehead atoms. The van der Waals surface area contributed by atoms with Crippen molar-refractivity contribution in [2.75, 3.05) is 25.5 Å². The summed E-state index contributed by atoms with van der Waals surface area (Å²) in [6, 6.07) is 8.99. The van der Waals surface area contributed by atoms with Crippen molar-refractivity contribution in [2.45, 2.75) is 11.1 Å². The van der Waals surface area contributed by atoms with Gasteiger partial charge in [0, 0.05) is 17.8 Å². The van der Waals surface area contributed by atoms with E-state index in [1.54, 1.807) is 0 Å². The van der Waals surface area contributed by atoms with Crippen LogP contribution in [0.25, 0.3) is 0 Å². The minimum Gasteiger partial charge on any atom is -0.455 e. The average Bonchev–Trinajstić information content (AvgIpc) is 2.66. The first-order valence-corrected chi connectivity index (χ1v) is 10.1. The highest BCUT2D eigenvalue weighted by Crippen LogP contribution is 2.29. The molecule has 0 spiro atoms. The van der Waals surface area contributed by atoms with Gasteiger partial charge in [-0.15, -0.1) is 0 Å². The number of nitrogens with zero attached hydrogens (tertiary/aromatic N) is 1. The van der Waals surface area contributed by atoms with E-state index in [0.717, 1.165) is 35.6 Å². The number of anilines is 1. The molecule has 0 radical (unpaired) electrons. The highest BCUT2D eigenvalue weighted by molar-refractivity contribution is 7.89. The van der Waals surface area contributed by atoms with E-state index in [2.05, 4.69) is 5.32 Å². The Hall–Kier alpha value is -2.63. The number of esters is 1. The minimum atomic E-state index is -4.50. The van der Waals surface area contributed by atoms with Crippen molar-refractivity contribution >= 4 is 39.2 Å². The second kappa shape index (κ2) is 9.45. The molecule has 162 valence electrons. The van der Waals surface area contributed by atoms with E-state index in [9.17, 15) is 31.2 Å². The van der Waals surface area contributed by atoms with E-state index in [4.69, 9.17) is 16.3 Å². The van der Waals surface area contributed by atoms with Crippen molar-refractivity contribution in [3.8, 4) is 0 Å². The minimum absolute atomic E-state index is 0.0754. The van der Waals surface area contributed by atoms with Gasteiger partial charge in [-0.1, -0.05) is 11.6 Å². The van der Waals surface area contributed by atoms with Crippen molar-refractivity contribution in [2.24, 2.45) is 0 Å². The normalized spacial score (nSPS) is 11.9. The Morgan fingerprint density at radius 2 is 1.63 bits per heavy atom. The fourth-order valence-corrected chi connectivity index (χ4v) is 3.43. The molecule has 2 rings (SSSR count). The van der Waals surface area contributed by atoms with Gasteiger partial charge in [0.25, 0.3) is 5.91 Å². The maximum absolute atomic E-state index is 12.5. The Bertz CT molecular complexity index is 1010. The van der Waals surface area contributed by atoms with Crippen LogP contribution in [-0.2, 0) is 30.5 Å². The van der Waals surface area contributed by atoms with Crippen LogP contribution < -0.4 is 5.32 Å². The number of halogens is 4. The van der Waals surface area contributed by atoms with Crippen LogP contribution in [0.5, 0.6) is 0 Å². The highest BCUT2D eigenvalue weighted by atomic mass is 35.5. The van der Waals surface area contributed by atoms with Crippen molar-refractivity contribution in [1.82, 2.24) is 4.31 Å². The molecule has 2 aromatic carbocycles. The van der Waals surface area contributed by atoms with Crippen molar-refractivity contribution in [3.63, 3.8) is 0 Å². The number of benzene rings is 2. The van der Waals surface area contributed by atoms with E-state index >= 15 is 0 Å². The van der Waals surface area contributed by atoms with E-state index < -0.39 is 46.8 Å². The van der Waals surface area contributed by atoms with Gasteiger partial charge < -0.3 is 10.1 Å². The number of alkyl halides is 3. The molecule has 0 saturated carbocycles. The Balaban J connectivity index is 1.86. The van der Waals surface area contributed by atoms with Gasteiger partial charge in [-0.3, -0.25) is 9.59 Å². The van der Waals surface area contributed by atoms with E-state index in [-0.39, 0.29) is 10.6 Å². The number of hydrogen-bond acceptors (Lipinski definition) is 5. The summed E-state index contributed by atoms with van der Waals surface area (Å²) >= 11 is 5.71. The monoisotopic (exact) mass is 464 g/mol. The number of carbonyl (C=O) groups excluding carboxylic acids is 2. The van der Waals surface area contributed by atoms with Gasteiger partial charge in [0.2, 0.25) is 10.0 Å². The summed E-state index contributed by atoms with van der Waals surface area (Å²) in [6.45, 7) is -1.40. The first-order chi connectivity index (χ1) is 13.9. The molecular weight excluding hydrogens is 449 g/mol. The van der Waals surface area contributed by atoms with Crippen LogP contribution in [0, 0.1) is 0 Å². The first kappa shape index (κ1) is 23.6. The predicted octanol–water partition coefficient (Wildman–Crippen LogP) is 3.16. The molecule has 0 heterocycles. The third kappa shape index (κ3) is 6.44. The molecule has 0 fully saturated rings. The second-order valence-electron chi connectivity index (χ2n) is 6.00. The Kier molecular flexibility index (Phi) is 7.45. The standard InChI is InChI=1S/C18H16ClF3N2O5S/c1-24(30(27,28)15-8-4-13(19)5-9-15)10-17(26)29-11-16(25)23-14-6-2-12(3-7-14)18(20,21)22/h2-9H,10-11H2,1H3,(H,23,25). The summed E-state index contributed by atoms with van der Waals surface area (Å²) in [7, 11) is -2.81. The van der Waals surface area contributed by atoms with E-state index in [1.165, 1.54) is 24.3 Å². The van der Waals surface area contributed by atoms with Crippen LogP contribution in [0.4, 0.5) is 18.9 Å². The first-order valence-electron chi connectivity index (χ1n) is 8.24. The quantitative estimate of drug-likeness (QED) is 0.635. The molecule has 12 heteroatoms. The number of carbonyl (C=O) groups is 2. The Morgan fingerprint density at radius 1 is 1.07 bits per heavy atom. The summed E-state index contributed by atoms with van der Waals surface area (Å²) in [4.78, 5) is 23.5. The number of amides is 1. The van der Waals surface area contributed by atoms with Crippen molar-refractivity contribution in [1.29, 1.82) is 0 Å². The van der Waals surface area contributed by atoms with Crippen LogP contribution in [0.2, 0.25) is 5.02 Å². The zero-order valence-corrected chi connectivity index (χ0v) is 17.0. The molecule has 0 aliphatic heterocycles.